The molecule has 0 saturated heterocycles. The molecule has 1 heterocycles. The van der Waals surface area contributed by atoms with Gasteiger partial charge in [-0.1, -0.05) is 0 Å². The van der Waals surface area contributed by atoms with Gasteiger partial charge in [-0.25, -0.2) is 9.18 Å². The van der Waals surface area contributed by atoms with Crippen molar-refractivity contribution in [1.82, 2.24) is 4.57 Å². The number of halogens is 1. The Balaban J connectivity index is 2.10. The summed E-state index contributed by atoms with van der Waals surface area (Å²) in [5.41, 5.74) is 7.53. The maximum Gasteiger partial charge on any atom is 0.409 e. The van der Waals surface area contributed by atoms with E-state index in [1.807, 2.05) is 0 Å². The number of anilines is 2. The zero-order valence-corrected chi connectivity index (χ0v) is 10.9. The lowest BCUT2D eigenvalue weighted by Crippen LogP contribution is -2.06. The van der Waals surface area contributed by atoms with Crippen LogP contribution in [0.15, 0.2) is 48.7 Å². The molecule has 6 heteroatoms. The first-order valence-electron chi connectivity index (χ1n) is 6.21. The lowest BCUT2D eigenvalue weighted by atomic mass is 10.2. The standard InChI is InChI=1S/C15H12FN3O2/c16-12-8-10(17)1-3-14(12)19-6-5-9-7-11(18-15(20)21)2-4-13(9)19/h1-8,18H,17H2,(H,20,21). The third-order valence-corrected chi connectivity index (χ3v) is 3.17. The van der Waals surface area contributed by atoms with Crippen molar-refractivity contribution >= 4 is 28.4 Å². The Labute approximate surface area is 119 Å². The second kappa shape index (κ2) is 4.82. The van der Waals surface area contributed by atoms with Crippen molar-refractivity contribution < 1.29 is 14.3 Å². The average Bonchev–Trinajstić information content (AvgIpc) is 2.81. The molecule has 3 aromatic rings. The molecule has 5 nitrogen and oxygen atoms in total. The zero-order chi connectivity index (χ0) is 15.0. The lowest BCUT2D eigenvalue weighted by Gasteiger charge is -2.08. The van der Waals surface area contributed by atoms with Crippen LogP contribution >= 0.6 is 0 Å². The Hall–Kier alpha value is -3.02. The number of carbonyl (C=O) groups is 1. The topological polar surface area (TPSA) is 80.3 Å². The smallest absolute Gasteiger partial charge is 0.409 e. The Morgan fingerprint density at radius 1 is 1.19 bits per heavy atom. The van der Waals surface area contributed by atoms with Gasteiger partial charge in [-0.3, -0.25) is 5.32 Å². The normalized spacial score (nSPS) is 10.7. The van der Waals surface area contributed by atoms with E-state index in [9.17, 15) is 9.18 Å². The fourth-order valence-electron chi connectivity index (χ4n) is 2.27. The first-order valence-corrected chi connectivity index (χ1v) is 6.21. The summed E-state index contributed by atoms with van der Waals surface area (Å²) in [4.78, 5) is 10.6. The van der Waals surface area contributed by atoms with Crippen molar-refractivity contribution in [2.45, 2.75) is 0 Å². The number of nitrogens with two attached hydrogens (primary N) is 1. The van der Waals surface area contributed by atoms with E-state index in [2.05, 4.69) is 5.32 Å². The first kappa shape index (κ1) is 13.0. The molecule has 21 heavy (non-hydrogen) atoms. The van der Waals surface area contributed by atoms with Crippen molar-refractivity contribution in [3.63, 3.8) is 0 Å². The highest BCUT2D eigenvalue weighted by atomic mass is 19.1. The number of hydrogen-bond donors (Lipinski definition) is 3. The van der Waals surface area contributed by atoms with Crippen molar-refractivity contribution in [2.75, 3.05) is 11.1 Å². The number of rotatable bonds is 2. The van der Waals surface area contributed by atoms with Gasteiger partial charge in [0, 0.05) is 23.0 Å². The first-order chi connectivity index (χ1) is 10.0. The number of benzene rings is 2. The zero-order valence-electron chi connectivity index (χ0n) is 10.9. The van der Waals surface area contributed by atoms with Crippen LogP contribution in [0.25, 0.3) is 16.6 Å². The summed E-state index contributed by atoms with van der Waals surface area (Å²) < 4.78 is 15.7. The summed E-state index contributed by atoms with van der Waals surface area (Å²) >= 11 is 0. The van der Waals surface area contributed by atoms with Gasteiger partial charge in [-0.15, -0.1) is 0 Å². The highest BCUT2D eigenvalue weighted by molar-refractivity contribution is 5.90. The molecule has 2 aromatic carbocycles. The van der Waals surface area contributed by atoms with Crippen LogP contribution in [0.5, 0.6) is 0 Å². The minimum Gasteiger partial charge on any atom is -0.465 e. The number of nitrogen functional groups attached to an aromatic ring is 1. The molecular formula is C15H12FN3O2. The number of carboxylic acid groups (broad SMARTS) is 1. The maximum atomic E-state index is 14.0. The van der Waals surface area contributed by atoms with Crippen LogP contribution in [0.2, 0.25) is 0 Å². The number of nitrogens with zero attached hydrogens (tertiary/aromatic N) is 1. The Morgan fingerprint density at radius 3 is 2.71 bits per heavy atom. The fraction of sp³-hybridized carbons (Fsp3) is 0. The molecule has 1 amide bonds. The molecule has 0 radical (unpaired) electrons. The lowest BCUT2D eigenvalue weighted by molar-refractivity contribution is 0.210. The van der Waals surface area contributed by atoms with E-state index < -0.39 is 11.9 Å². The Kier molecular flexibility index (Phi) is 2.98. The molecule has 3 rings (SSSR count). The van der Waals surface area contributed by atoms with Gasteiger partial charge in [-0.2, -0.15) is 0 Å². The van der Waals surface area contributed by atoms with Crippen LogP contribution in [-0.2, 0) is 0 Å². The van der Waals surface area contributed by atoms with E-state index in [1.165, 1.54) is 6.07 Å². The quantitative estimate of drug-likeness (QED) is 0.631. The van der Waals surface area contributed by atoms with Crippen molar-refractivity contribution in [3.05, 3.63) is 54.5 Å². The molecule has 1 aromatic heterocycles. The van der Waals surface area contributed by atoms with E-state index >= 15 is 0 Å². The van der Waals surface area contributed by atoms with Gasteiger partial charge < -0.3 is 15.4 Å². The molecule has 4 N–H and O–H groups in total. The molecule has 0 spiro atoms. The number of aromatic nitrogens is 1. The van der Waals surface area contributed by atoms with Crippen LogP contribution in [0.3, 0.4) is 0 Å². The minimum absolute atomic E-state index is 0.362. The van der Waals surface area contributed by atoms with Crippen molar-refractivity contribution in [2.24, 2.45) is 0 Å². The summed E-state index contributed by atoms with van der Waals surface area (Å²) in [7, 11) is 0. The van der Waals surface area contributed by atoms with E-state index in [4.69, 9.17) is 10.8 Å². The van der Waals surface area contributed by atoms with Crippen molar-refractivity contribution in [3.8, 4) is 5.69 Å². The second-order valence-corrected chi connectivity index (χ2v) is 4.60. The molecule has 0 aliphatic carbocycles. The molecule has 0 saturated carbocycles. The van der Waals surface area contributed by atoms with E-state index in [1.54, 1.807) is 47.2 Å². The third-order valence-electron chi connectivity index (χ3n) is 3.17. The number of fused-ring (bicyclic) bond motifs is 1. The summed E-state index contributed by atoms with van der Waals surface area (Å²) in [6, 6.07) is 11.3. The summed E-state index contributed by atoms with van der Waals surface area (Å²) in [5, 5.41) is 11.8. The van der Waals surface area contributed by atoms with Crippen LogP contribution < -0.4 is 11.1 Å². The van der Waals surface area contributed by atoms with Crippen LogP contribution in [-0.4, -0.2) is 15.8 Å². The van der Waals surface area contributed by atoms with Gasteiger partial charge >= 0.3 is 6.09 Å². The molecule has 0 aliphatic rings. The molecule has 0 bridgehead atoms. The Morgan fingerprint density at radius 2 is 2.00 bits per heavy atom. The van der Waals surface area contributed by atoms with Gasteiger partial charge in [0.15, 0.2) is 0 Å². The second-order valence-electron chi connectivity index (χ2n) is 4.60. The summed E-state index contributed by atoms with van der Waals surface area (Å²) in [5.74, 6) is -0.416. The van der Waals surface area contributed by atoms with E-state index in [0.29, 0.717) is 17.1 Å². The molecule has 0 aliphatic heterocycles. The van der Waals surface area contributed by atoms with Gasteiger partial charge in [0.2, 0.25) is 0 Å². The Bertz CT molecular complexity index is 842. The number of hydrogen-bond acceptors (Lipinski definition) is 2. The fourth-order valence-corrected chi connectivity index (χ4v) is 2.27. The van der Waals surface area contributed by atoms with Gasteiger partial charge in [0.1, 0.15) is 5.82 Å². The van der Waals surface area contributed by atoms with Crippen molar-refractivity contribution in [1.29, 1.82) is 0 Å². The highest BCUT2D eigenvalue weighted by Gasteiger charge is 2.09. The molecule has 0 atom stereocenters. The molecule has 0 fully saturated rings. The minimum atomic E-state index is -1.13. The van der Waals surface area contributed by atoms with Gasteiger partial charge in [0.05, 0.1) is 11.2 Å². The van der Waals surface area contributed by atoms with E-state index in [0.717, 1.165) is 10.9 Å². The predicted molar refractivity (Wildman–Crippen MR) is 79.3 cm³/mol. The highest BCUT2D eigenvalue weighted by Crippen LogP contribution is 2.25. The number of nitrogens with one attached hydrogen (secondary N) is 1. The van der Waals surface area contributed by atoms with Gasteiger partial charge in [0.25, 0.3) is 0 Å². The maximum absolute atomic E-state index is 14.0. The average molecular weight is 285 g/mol. The van der Waals surface area contributed by atoms with Crippen LogP contribution in [0, 0.1) is 5.82 Å². The summed E-state index contributed by atoms with van der Waals surface area (Å²) in [6.07, 6.45) is 0.599. The molecule has 0 unspecified atom stereocenters. The van der Waals surface area contributed by atoms with Crippen LogP contribution in [0.1, 0.15) is 0 Å². The molecule has 106 valence electrons. The largest absolute Gasteiger partial charge is 0.465 e. The SMILES string of the molecule is Nc1ccc(-n2ccc3cc(NC(=O)O)ccc32)c(F)c1. The van der Waals surface area contributed by atoms with Crippen LogP contribution in [0.4, 0.5) is 20.6 Å². The molecular weight excluding hydrogens is 273 g/mol. The monoisotopic (exact) mass is 285 g/mol. The van der Waals surface area contributed by atoms with E-state index in [-0.39, 0.29) is 0 Å². The van der Waals surface area contributed by atoms with Gasteiger partial charge in [-0.05, 0) is 42.5 Å². The number of amides is 1. The predicted octanol–water partition coefficient (Wildman–Crippen LogP) is 3.44. The third kappa shape index (κ3) is 2.38. The summed E-state index contributed by atoms with van der Waals surface area (Å²) in [6.45, 7) is 0.